The molecule has 5 aliphatic rings. The molecule has 1 N–H and O–H groups in total. The summed E-state index contributed by atoms with van der Waals surface area (Å²) in [7, 11) is -3.82. The minimum absolute atomic E-state index is 0.0119. The van der Waals surface area contributed by atoms with Crippen molar-refractivity contribution >= 4 is 44.4 Å². The standard InChI is InChI=1S/C37H45N3O8S/c1-2-26-20-37(26,36(44)39-49(45,46)28-12-13-28)21-32(41)31-18-27-22-40(31)35(43)30(24-8-6-9-24)19-33(42)47-16-5-3-4-7-23-10-11-25-14-15-38-34(48-27)29(25)17-23/h2,10-11,14-15,17,24,26-28,30-31H,1,3-9,12-13,16,18-22H2,(H,39,44)/t26-,27-,30-,31+,37-/m1/s1. The molecule has 2 aromatic rings. The molecule has 5 atom stereocenters. The lowest BCUT2D eigenvalue weighted by Crippen LogP contribution is -2.48. The predicted molar refractivity (Wildman–Crippen MR) is 181 cm³/mol. The van der Waals surface area contributed by atoms with E-state index in [4.69, 9.17) is 9.47 Å². The lowest BCUT2D eigenvalue weighted by Gasteiger charge is -2.36. The minimum Gasteiger partial charge on any atom is -0.472 e. The molecule has 262 valence electrons. The summed E-state index contributed by atoms with van der Waals surface area (Å²) in [4.78, 5) is 61.4. The molecule has 3 aliphatic carbocycles. The Bertz CT molecular complexity index is 1770. The van der Waals surface area contributed by atoms with E-state index in [1.807, 2.05) is 12.1 Å². The van der Waals surface area contributed by atoms with E-state index in [1.165, 1.54) is 0 Å². The smallest absolute Gasteiger partial charge is 0.306 e. The molecule has 12 heteroatoms. The summed E-state index contributed by atoms with van der Waals surface area (Å²) in [5.41, 5.74) is -0.109. The maximum Gasteiger partial charge on any atom is 0.306 e. The number of Topliss-reactive ketones (excluding diaryl/α,β-unsaturated/α-hetero) is 1. The number of esters is 1. The topological polar surface area (TPSA) is 149 Å². The Kier molecular flexibility index (Phi) is 9.27. The van der Waals surface area contributed by atoms with Gasteiger partial charge in [-0.2, -0.15) is 0 Å². The van der Waals surface area contributed by atoms with Crippen molar-refractivity contribution in [1.29, 1.82) is 0 Å². The molecule has 2 amide bonds. The van der Waals surface area contributed by atoms with Crippen molar-refractivity contribution in [2.75, 3.05) is 13.2 Å². The van der Waals surface area contributed by atoms with Crippen molar-refractivity contribution in [3.63, 3.8) is 0 Å². The molecule has 49 heavy (non-hydrogen) atoms. The van der Waals surface area contributed by atoms with Crippen LogP contribution in [0.25, 0.3) is 10.8 Å². The number of amides is 2. The fourth-order valence-electron chi connectivity index (χ4n) is 7.88. The quantitative estimate of drug-likeness (QED) is 0.314. The molecule has 3 heterocycles. The van der Waals surface area contributed by atoms with Crippen LogP contribution in [0.15, 0.2) is 43.1 Å². The molecule has 1 aromatic carbocycles. The van der Waals surface area contributed by atoms with E-state index in [9.17, 15) is 27.6 Å². The van der Waals surface area contributed by atoms with Crippen molar-refractivity contribution < 1.29 is 37.1 Å². The summed E-state index contributed by atoms with van der Waals surface area (Å²) in [6.07, 6.45) is 9.92. The fraction of sp³-hybridized carbons (Fsp3) is 0.595. The van der Waals surface area contributed by atoms with Gasteiger partial charge in [0.05, 0.1) is 42.2 Å². The van der Waals surface area contributed by atoms with Gasteiger partial charge in [-0.05, 0) is 92.7 Å². The first-order valence-electron chi connectivity index (χ1n) is 17.8. The van der Waals surface area contributed by atoms with Crippen molar-refractivity contribution in [2.45, 2.75) is 101 Å². The monoisotopic (exact) mass is 691 g/mol. The Morgan fingerprint density at radius 3 is 2.61 bits per heavy atom. The predicted octanol–water partition coefficient (Wildman–Crippen LogP) is 4.42. The highest BCUT2D eigenvalue weighted by Crippen LogP contribution is 2.57. The number of rotatable bonds is 8. The van der Waals surface area contributed by atoms with Gasteiger partial charge in [-0.3, -0.25) is 23.9 Å². The molecule has 1 saturated heterocycles. The van der Waals surface area contributed by atoms with Crippen LogP contribution < -0.4 is 9.46 Å². The van der Waals surface area contributed by atoms with Crippen molar-refractivity contribution in [1.82, 2.24) is 14.6 Å². The van der Waals surface area contributed by atoms with E-state index in [0.29, 0.717) is 31.7 Å². The second-order valence-corrected chi connectivity index (χ2v) is 16.7. The summed E-state index contributed by atoms with van der Waals surface area (Å²) >= 11 is 0. The summed E-state index contributed by atoms with van der Waals surface area (Å²) < 4.78 is 39.7. The third-order valence-electron chi connectivity index (χ3n) is 11.3. The van der Waals surface area contributed by atoms with E-state index in [1.54, 1.807) is 17.2 Å². The molecule has 4 bridgehead atoms. The highest BCUT2D eigenvalue weighted by Gasteiger charge is 2.61. The third-order valence-corrected chi connectivity index (χ3v) is 13.2. The number of allylic oxidation sites excluding steroid dienone is 1. The molecule has 0 unspecified atom stereocenters. The zero-order valence-electron chi connectivity index (χ0n) is 27.8. The highest BCUT2D eigenvalue weighted by atomic mass is 32.2. The number of nitrogens with one attached hydrogen (secondary N) is 1. The maximum absolute atomic E-state index is 14.4. The molecule has 4 fully saturated rings. The van der Waals surface area contributed by atoms with Gasteiger partial charge < -0.3 is 14.4 Å². The van der Waals surface area contributed by atoms with Gasteiger partial charge in [-0.15, -0.1) is 6.58 Å². The molecular weight excluding hydrogens is 646 g/mol. The first-order valence-corrected chi connectivity index (χ1v) is 19.3. The number of benzene rings is 1. The number of aromatic nitrogens is 1. The van der Waals surface area contributed by atoms with Crippen molar-refractivity contribution in [2.24, 2.45) is 23.2 Å². The van der Waals surface area contributed by atoms with Gasteiger partial charge in [0.25, 0.3) is 0 Å². The summed E-state index contributed by atoms with van der Waals surface area (Å²) in [6.45, 7) is 4.23. The van der Waals surface area contributed by atoms with Crippen LogP contribution >= 0.6 is 0 Å². The lowest BCUT2D eigenvalue weighted by atomic mass is 9.73. The first kappa shape index (κ1) is 33.7. The SMILES string of the molecule is C=C[C@@H]1C[C@]1(CC(=O)[C@@H]1C[C@@H]2CN1C(=O)[C@@H](C1CCC1)CC(=O)OCCCCCc1ccc3ccnc(c3c1)O2)C(=O)NS(=O)(=O)C1CC1. The number of ether oxygens (including phenoxy) is 2. The number of sulfonamides is 1. The van der Waals surface area contributed by atoms with Crippen LogP contribution in [-0.2, 0) is 40.4 Å². The van der Waals surface area contributed by atoms with E-state index in [2.05, 4.69) is 28.4 Å². The normalized spacial score (nSPS) is 29.7. The number of ketones is 1. The fourth-order valence-corrected chi connectivity index (χ4v) is 9.26. The van der Waals surface area contributed by atoms with Gasteiger partial charge in [0.15, 0.2) is 5.78 Å². The van der Waals surface area contributed by atoms with Crippen LogP contribution in [0, 0.1) is 23.2 Å². The molecule has 3 saturated carbocycles. The van der Waals surface area contributed by atoms with E-state index in [-0.39, 0.29) is 49.3 Å². The number of cyclic esters (lactones) is 1. The first-order chi connectivity index (χ1) is 23.6. The van der Waals surface area contributed by atoms with Crippen LogP contribution in [-0.4, -0.2) is 72.4 Å². The third kappa shape index (κ3) is 6.98. The van der Waals surface area contributed by atoms with Crippen LogP contribution in [0.5, 0.6) is 5.88 Å². The summed E-state index contributed by atoms with van der Waals surface area (Å²) in [5, 5.41) is 1.24. The van der Waals surface area contributed by atoms with Crippen molar-refractivity contribution in [3.05, 3.63) is 48.7 Å². The van der Waals surface area contributed by atoms with Gasteiger partial charge in [-0.1, -0.05) is 24.6 Å². The number of carbonyl (C=O) groups is 4. The zero-order valence-corrected chi connectivity index (χ0v) is 28.6. The van der Waals surface area contributed by atoms with Gasteiger partial charge in [-0.25, -0.2) is 13.4 Å². The average molecular weight is 692 g/mol. The van der Waals surface area contributed by atoms with Crippen LogP contribution in [0.4, 0.5) is 0 Å². The molecule has 2 aliphatic heterocycles. The number of nitrogens with zero attached hydrogens (tertiary/aromatic N) is 2. The number of hydrogen-bond acceptors (Lipinski definition) is 9. The Morgan fingerprint density at radius 1 is 1.08 bits per heavy atom. The van der Waals surface area contributed by atoms with Gasteiger partial charge in [0, 0.05) is 24.4 Å². The molecule has 11 nitrogen and oxygen atoms in total. The summed E-state index contributed by atoms with van der Waals surface area (Å²) in [5.74, 6) is -2.28. The molecule has 0 spiro atoms. The Balaban J connectivity index is 1.19. The lowest BCUT2D eigenvalue weighted by molar-refractivity contribution is -0.152. The average Bonchev–Trinajstić information content (AvgIpc) is 3.98. The minimum atomic E-state index is -3.82. The maximum atomic E-state index is 14.4. The van der Waals surface area contributed by atoms with E-state index in [0.717, 1.165) is 61.3 Å². The Labute approximate surface area is 287 Å². The van der Waals surface area contributed by atoms with Crippen LogP contribution in [0.2, 0.25) is 0 Å². The highest BCUT2D eigenvalue weighted by molar-refractivity contribution is 7.90. The van der Waals surface area contributed by atoms with Gasteiger partial charge >= 0.3 is 5.97 Å². The van der Waals surface area contributed by atoms with E-state index >= 15 is 0 Å². The molecular formula is C37H45N3O8S. The number of carbonyl (C=O) groups excluding carboxylic acids is 4. The zero-order chi connectivity index (χ0) is 34.3. The molecule has 0 radical (unpaired) electrons. The number of aryl methyl sites for hydroxylation is 1. The Hall–Kier alpha value is -3.80. The number of hydrogen-bond donors (Lipinski definition) is 1. The summed E-state index contributed by atoms with van der Waals surface area (Å²) in [6, 6.07) is 7.21. The van der Waals surface area contributed by atoms with Crippen molar-refractivity contribution in [3.8, 4) is 5.88 Å². The second kappa shape index (κ2) is 13.5. The molecule has 1 aromatic heterocycles. The molecule has 7 rings (SSSR count). The van der Waals surface area contributed by atoms with E-state index < -0.39 is 50.6 Å². The second-order valence-electron chi connectivity index (χ2n) is 14.7. The number of fused-ring (bicyclic) bond motifs is 3. The number of pyridine rings is 1. The van der Waals surface area contributed by atoms with Gasteiger partial charge in [0.2, 0.25) is 27.7 Å². The van der Waals surface area contributed by atoms with Crippen LogP contribution in [0.1, 0.15) is 82.6 Å². The van der Waals surface area contributed by atoms with Gasteiger partial charge in [0.1, 0.15) is 6.10 Å². The Morgan fingerprint density at radius 2 is 1.90 bits per heavy atom. The van der Waals surface area contributed by atoms with Crippen LogP contribution in [0.3, 0.4) is 0 Å². The largest absolute Gasteiger partial charge is 0.472 e.